The van der Waals surface area contributed by atoms with Crippen LogP contribution in [0.15, 0.2) is 24.3 Å². The summed E-state index contributed by atoms with van der Waals surface area (Å²) in [5.74, 6) is 0.0935. The average Bonchev–Trinajstić information content (AvgIpc) is 2.35. The molecule has 1 aromatic rings. The van der Waals surface area contributed by atoms with E-state index in [0.29, 0.717) is 5.56 Å². The quantitative estimate of drug-likeness (QED) is 0.471. The molecule has 0 aromatic heterocycles. The maximum Gasteiger partial charge on any atom is 0.303 e. The van der Waals surface area contributed by atoms with Crippen LogP contribution in [0.5, 0.6) is 5.75 Å². The van der Waals surface area contributed by atoms with Crippen LogP contribution < -0.4 is 4.43 Å². The predicted molar refractivity (Wildman–Crippen MR) is 85.2 cm³/mol. The van der Waals surface area contributed by atoms with Gasteiger partial charge in [0.1, 0.15) is 5.75 Å². The third-order valence-electron chi connectivity index (χ3n) is 3.76. The van der Waals surface area contributed by atoms with Gasteiger partial charge < -0.3 is 9.16 Å². The van der Waals surface area contributed by atoms with Crippen molar-refractivity contribution in [2.24, 2.45) is 0 Å². The molecule has 0 saturated carbocycles. The molecule has 0 heterocycles. The number of esters is 1. The highest BCUT2D eigenvalue weighted by Crippen LogP contribution is 2.37. The van der Waals surface area contributed by atoms with E-state index in [1.807, 2.05) is 0 Å². The molecule has 4 nitrogen and oxygen atoms in total. The fourth-order valence-corrected chi connectivity index (χ4v) is 2.44. The molecule has 5 heteroatoms. The van der Waals surface area contributed by atoms with E-state index in [1.54, 1.807) is 24.3 Å². The average molecular weight is 308 g/mol. The Morgan fingerprint density at radius 2 is 1.62 bits per heavy atom. The molecule has 0 saturated heterocycles. The van der Waals surface area contributed by atoms with Gasteiger partial charge in [-0.05, 0) is 42.4 Å². The van der Waals surface area contributed by atoms with E-state index in [-0.39, 0.29) is 17.4 Å². The Labute approximate surface area is 127 Å². The highest BCUT2D eigenvalue weighted by atomic mass is 28.4. The second kappa shape index (κ2) is 6.43. The van der Waals surface area contributed by atoms with Crippen LogP contribution in [0.3, 0.4) is 0 Å². The minimum atomic E-state index is -1.87. The molecule has 0 aliphatic carbocycles. The SMILES string of the molecule is CC(=O)OCC(=O)c1ccc(O[Si](C)(C)C(C)(C)C)cc1. The van der Waals surface area contributed by atoms with E-state index in [4.69, 9.17) is 9.16 Å². The molecule has 0 atom stereocenters. The van der Waals surface area contributed by atoms with Gasteiger partial charge in [-0.25, -0.2) is 0 Å². The molecule has 1 aromatic carbocycles. The molecule has 0 spiro atoms. The van der Waals surface area contributed by atoms with Gasteiger partial charge in [0.2, 0.25) is 8.32 Å². The van der Waals surface area contributed by atoms with Gasteiger partial charge in [0.25, 0.3) is 0 Å². The lowest BCUT2D eigenvalue weighted by Gasteiger charge is -2.36. The second-order valence-electron chi connectivity index (χ2n) is 6.59. The number of ketones is 1. The Hall–Kier alpha value is -1.62. The summed E-state index contributed by atoms with van der Waals surface area (Å²) < 4.78 is 10.8. The normalized spacial score (nSPS) is 11.9. The van der Waals surface area contributed by atoms with Crippen molar-refractivity contribution < 1.29 is 18.8 Å². The molecular formula is C16H24O4Si. The highest BCUT2D eigenvalue weighted by Gasteiger charge is 2.38. The first-order valence-electron chi connectivity index (χ1n) is 6.98. The van der Waals surface area contributed by atoms with Crippen molar-refractivity contribution in [1.82, 2.24) is 0 Å². The van der Waals surface area contributed by atoms with Gasteiger partial charge in [-0.2, -0.15) is 0 Å². The van der Waals surface area contributed by atoms with Crippen molar-refractivity contribution in [3.05, 3.63) is 29.8 Å². The van der Waals surface area contributed by atoms with Gasteiger partial charge in [-0.3, -0.25) is 9.59 Å². The van der Waals surface area contributed by atoms with E-state index in [9.17, 15) is 9.59 Å². The summed E-state index contributed by atoms with van der Waals surface area (Å²) >= 11 is 0. The van der Waals surface area contributed by atoms with Crippen LogP contribution in [0, 0.1) is 0 Å². The Morgan fingerprint density at radius 1 is 1.10 bits per heavy atom. The standard InChI is InChI=1S/C16H24O4Si/c1-12(17)19-11-15(18)13-7-9-14(10-8-13)20-21(5,6)16(2,3)4/h7-10H,11H2,1-6H3. The number of benzene rings is 1. The van der Waals surface area contributed by atoms with Crippen molar-refractivity contribution in [3.8, 4) is 5.75 Å². The maximum atomic E-state index is 11.8. The number of carbonyl (C=O) groups is 2. The van der Waals surface area contributed by atoms with Gasteiger partial charge in [0.05, 0.1) is 0 Å². The van der Waals surface area contributed by atoms with E-state index in [2.05, 4.69) is 33.9 Å². The zero-order chi connectivity index (χ0) is 16.3. The number of hydrogen-bond donors (Lipinski definition) is 0. The summed E-state index contributed by atoms with van der Waals surface area (Å²) in [6, 6.07) is 6.99. The highest BCUT2D eigenvalue weighted by molar-refractivity contribution is 6.74. The Morgan fingerprint density at radius 3 is 2.05 bits per heavy atom. The maximum absolute atomic E-state index is 11.8. The van der Waals surface area contributed by atoms with Gasteiger partial charge in [-0.15, -0.1) is 0 Å². The van der Waals surface area contributed by atoms with Gasteiger partial charge in [0.15, 0.2) is 12.4 Å². The molecule has 0 bridgehead atoms. The van der Waals surface area contributed by atoms with Crippen molar-refractivity contribution in [2.45, 2.75) is 45.8 Å². The monoisotopic (exact) mass is 308 g/mol. The van der Waals surface area contributed by atoms with Crippen LogP contribution in [-0.2, 0) is 9.53 Å². The van der Waals surface area contributed by atoms with E-state index in [1.165, 1.54) is 6.92 Å². The largest absolute Gasteiger partial charge is 0.544 e. The summed E-state index contributed by atoms with van der Waals surface area (Å²) in [6.45, 7) is 11.9. The lowest BCUT2D eigenvalue weighted by Crippen LogP contribution is -2.43. The predicted octanol–water partition coefficient (Wildman–Crippen LogP) is 3.82. The minimum Gasteiger partial charge on any atom is -0.544 e. The fraction of sp³-hybridized carbons (Fsp3) is 0.500. The smallest absolute Gasteiger partial charge is 0.303 e. The molecule has 0 unspecified atom stereocenters. The molecule has 0 amide bonds. The van der Waals surface area contributed by atoms with Gasteiger partial charge in [-0.1, -0.05) is 20.8 Å². The molecule has 0 radical (unpaired) electrons. The Balaban J connectivity index is 2.75. The Kier molecular flexibility index (Phi) is 5.34. The van der Waals surface area contributed by atoms with Crippen molar-refractivity contribution in [1.29, 1.82) is 0 Å². The fourth-order valence-electron chi connectivity index (χ4n) is 1.41. The van der Waals surface area contributed by atoms with Crippen LogP contribution in [0.4, 0.5) is 0 Å². The first-order valence-corrected chi connectivity index (χ1v) is 9.89. The van der Waals surface area contributed by atoms with Crippen LogP contribution >= 0.6 is 0 Å². The zero-order valence-electron chi connectivity index (χ0n) is 13.6. The lowest BCUT2D eigenvalue weighted by atomic mass is 10.1. The van der Waals surface area contributed by atoms with Crippen LogP contribution in [0.25, 0.3) is 0 Å². The summed E-state index contributed by atoms with van der Waals surface area (Å²) in [5, 5.41) is 0.122. The molecule has 0 aliphatic rings. The van der Waals surface area contributed by atoms with E-state index >= 15 is 0 Å². The van der Waals surface area contributed by atoms with Gasteiger partial charge >= 0.3 is 5.97 Å². The van der Waals surface area contributed by atoms with E-state index < -0.39 is 14.3 Å². The minimum absolute atomic E-state index is 0.122. The topological polar surface area (TPSA) is 52.6 Å². The van der Waals surface area contributed by atoms with Crippen molar-refractivity contribution >= 4 is 20.1 Å². The molecule has 116 valence electrons. The second-order valence-corrected chi connectivity index (χ2v) is 11.3. The number of carbonyl (C=O) groups excluding carboxylic acids is 2. The van der Waals surface area contributed by atoms with Crippen LogP contribution in [0.2, 0.25) is 18.1 Å². The molecule has 0 aliphatic heterocycles. The molecule has 1 rings (SSSR count). The molecule has 21 heavy (non-hydrogen) atoms. The first-order chi connectivity index (χ1) is 9.53. The summed E-state index contributed by atoms with van der Waals surface area (Å²) in [7, 11) is -1.87. The molecule has 0 fully saturated rings. The molecular weight excluding hydrogens is 284 g/mol. The van der Waals surface area contributed by atoms with Crippen molar-refractivity contribution in [3.63, 3.8) is 0 Å². The van der Waals surface area contributed by atoms with Crippen LogP contribution in [0.1, 0.15) is 38.1 Å². The third-order valence-corrected chi connectivity index (χ3v) is 8.12. The zero-order valence-corrected chi connectivity index (χ0v) is 14.6. The number of ether oxygens (including phenoxy) is 1. The molecule has 0 N–H and O–H groups in total. The van der Waals surface area contributed by atoms with Crippen molar-refractivity contribution in [2.75, 3.05) is 6.61 Å². The first kappa shape index (κ1) is 17.4. The Bertz CT molecular complexity index is 512. The van der Waals surface area contributed by atoms with Gasteiger partial charge in [0, 0.05) is 12.5 Å². The third kappa shape index (κ3) is 5.01. The summed E-state index contributed by atoms with van der Waals surface area (Å²) in [4.78, 5) is 22.5. The number of rotatable bonds is 5. The van der Waals surface area contributed by atoms with Crippen LogP contribution in [-0.4, -0.2) is 26.7 Å². The number of Topliss-reactive ketones (excluding diaryl/α,β-unsaturated/α-hetero) is 1. The summed E-state index contributed by atoms with van der Waals surface area (Å²) in [5.41, 5.74) is 0.513. The number of hydrogen-bond acceptors (Lipinski definition) is 4. The van der Waals surface area contributed by atoms with E-state index in [0.717, 1.165) is 5.75 Å². The summed E-state index contributed by atoms with van der Waals surface area (Å²) in [6.07, 6.45) is 0. The lowest BCUT2D eigenvalue weighted by molar-refractivity contribution is -0.139.